The highest BCUT2D eigenvalue weighted by Gasteiger charge is 2.32. The number of piperazine rings is 1. The third-order valence-corrected chi connectivity index (χ3v) is 10.6. The van der Waals surface area contributed by atoms with Gasteiger partial charge in [-0.25, -0.2) is 32.9 Å². The molecule has 0 aliphatic carbocycles. The van der Waals surface area contributed by atoms with Gasteiger partial charge in [0.15, 0.2) is 5.69 Å². The van der Waals surface area contributed by atoms with E-state index in [4.69, 9.17) is 4.74 Å². The van der Waals surface area contributed by atoms with E-state index < -0.39 is 71.5 Å². The van der Waals surface area contributed by atoms with E-state index in [-0.39, 0.29) is 29.8 Å². The Hall–Kier alpha value is -6.08. The Morgan fingerprint density at radius 3 is 2.14 bits per heavy atom. The van der Waals surface area contributed by atoms with Crippen LogP contribution in [0.2, 0.25) is 0 Å². The Bertz CT molecular complexity index is 2270. The number of rotatable bonds is 13. The molecule has 14 nitrogen and oxygen atoms in total. The number of ether oxygens (including phenoxy) is 2. The molecule has 2 aromatic heterocycles. The van der Waals surface area contributed by atoms with Crippen molar-refractivity contribution in [3.63, 3.8) is 0 Å². The molecule has 1 N–H and O–H groups in total. The van der Waals surface area contributed by atoms with Gasteiger partial charge in [-0.3, -0.25) is 24.2 Å². The molecule has 0 atom stereocenters. The highest BCUT2D eigenvalue weighted by molar-refractivity contribution is 6.03. The van der Waals surface area contributed by atoms with E-state index in [1.54, 1.807) is 48.9 Å². The van der Waals surface area contributed by atoms with E-state index in [1.165, 1.54) is 17.4 Å². The van der Waals surface area contributed by atoms with Crippen LogP contribution in [-0.4, -0.2) is 123 Å². The van der Waals surface area contributed by atoms with Crippen molar-refractivity contribution in [2.75, 3.05) is 64.2 Å². The van der Waals surface area contributed by atoms with Crippen LogP contribution in [0.3, 0.4) is 0 Å². The van der Waals surface area contributed by atoms with Crippen LogP contribution in [0.5, 0.6) is 5.75 Å². The van der Waals surface area contributed by atoms with E-state index in [1.807, 2.05) is 31.2 Å². The normalized spacial score (nSPS) is 15.2. The lowest BCUT2D eigenvalue weighted by molar-refractivity contribution is -0.136. The number of nitrogens with one attached hydrogen (secondary N) is 1. The van der Waals surface area contributed by atoms with Crippen LogP contribution >= 0.6 is 0 Å². The number of esters is 1. The zero-order valence-electron chi connectivity index (χ0n) is 35.4. The van der Waals surface area contributed by atoms with Crippen molar-refractivity contribution in [2.24, 2.45) is 5.92 Å². The van der Waals surface area contributed by atoms with Crippen LogP contribution in [0, 0.1) is 35.0 Å². The van der Waals surface area contributed by atoms with Crippen LogP contribution in [0.25, 0.3) is 11.1 Å². The number of pyridine rings is 1. The van der Waals surface area contributed by atoms with Crippen LogP contribution in [0.1, 0.15) is 62.3 Å². The highest BCUT2D eigenvalue weighted by Crippen LogP contribution is 2.30. The molecule has 2 aromatic carbocycles. The molecule has 3 amide bonds. The third-order valence-electron chi connectivity index (χ3n) is 10.6. The number of aromatic nitrogens is 3. The molecule has 4 heterocycles. The quantitative estimate of drug-likeness (QED) is 0.0534. The minimum Gasteiger partial charge on any atom is -0.444 e. The standard InChI is InChI=1S/C44H49F5N8O6/c1-5-27-7-6-8-29(19-27)30-20-32(53-33(58)24-57(43(61)63-44(2,3)4)23-31-9-12-50-26-52-31)40(51-21-30)42(60)56-13-10-28(11-14-56)22-54-15-17-55(18-16-54)25-34(59)62-41-38(48)36(46)35(45)37(47)39(41)49/h6-9,12,19-21,26,28H,5,10-11,13-18,22-25H2,1-4H3,(H,53,58). The number of carbonyl (C=O) groups is 4. The van der Waals surface area contributed by atoms with E-state index in [0.29, 0.717) is 69.9 Å². The maximum absolute atomic E-state index is 14.2. The van der Waals surface area contributed by atoms with Crippen molar-refractivity contribution in [2.45, 2.75) is 59.1 Å². The van der Waals surface area contributed by atoms with Gasteiger partial charge >= 0.3 is 12.1 Å². The molecule has 2 saturated heterocycles. The monoisotopic (exact) mass is 880 g/mol. The van der Waals surface area contributed by atoms with Gasteiger partial charge in [-0.05, 0) is 69.2 Å². The van der Waals surface area contributed by atoms with Gasteiger partial charge in [-0.2, -0.15) is 8.78 Å². The third kappa shape index (κ3) is 12.1. The second-order valence-electron chi connectivity index (χ2n) is 16.4. The molecule has 0 spiro atoms. The van der Waals surface area contributed by atoms with Crippen molar-refractivity contribution in [1.82, 2.24) is 34.6 Å². The first-order valence-corrected chi connectivity index (χ1v) is 20.6. The summed E-state index contributed by atoms with van der Waals surface area (Å²) in [6.07, 6.45) is 5.90. The molecule has 336 valence electrons. The topological polar surface area (TPSA) is 150 Å². The van der Waals surface area contributed by atoms with Crippen LogP contribution in [0.4, 0.5) is 32.4 Å². The average Bonchev–Trinajstić information content (AvgIpc) is 3.26. The summed E-state index contributed by atoms with van der Waals surface area (Å²) in [6, 6.07) is 11.2. The lowest BCUT2D eigenvalue weighted by Gasteiger charge is -2.38. The number of benzene rings is 2. The van der Waals surface area contributed by atoms with Crippen LogP contribution in [0.15, 0.2) is 55.1 Å². The second kappa shape index (κ2) is 20.4. The number of aryl methyl sites for hydroxylation is 1. The maximum Gasteiger partial charge on any atom is 0.411 e. The summed E-state index contributed by atoms with van der Waals surface area (Å²) in [7, 11) is 0. The molecule has 2 aliphatic rings. The van der Waals surface area contributed by atoms with Crippen molar-refractivity contribution in [3.05, 3.63) is 101 Å². The Balaban J connectivity index is 1.07. The molecule has 19 heteroatoms. The van der Waals surface area contributed by atoms with E-state index in [0.717, 1.165) is 17.5 Å². The summed E-state index contributed by atoms with van der Waals surface area (Å²) in [5.74, 6) is -14.7. The number of carbonyl (C=O) groups excluding carboxylic acids is 4. The SMILES string of the molecule is CCc1cccc(-c2cnc(C(=O)N3CCC(CN4CCN(CC(=O)Oc5c(F)c(F)c(F)c(F)c5F)CC4)CC3)c(NC(=O)CN(Cc3ccncn3)C(=O)OC(C)(C)C)c2)c1. The Morgan fingerprint density at radius 1 is 0.841 bits per heavy atom. The van der Waals surface area contributed by atoms with Gasteiger partial charge in [0.1, 0.15) is 18.5 Å². The van der Waals surface area contributed by atoms with E-state index in [9.17, 15) is 41.1 Å². The van der Waals surface area contributed by atoms with Gasteiger partial charge in [-0.1, -0.05) is 31.2 Å². The van der Waals surface area contributed by atoms with Crippen molar-refractivity contribution < 1.29 is 50.6 Å². The zero-order valence-corrected chi connectivity index (χ0v) is 35.4. The lowest BCUT2D eigenvalue weighted by Crippen LogP contribution is -2.50. The summed E-state index contributed by atoms with van der Waals surface area (Å²) in [4.78, 5) is 73.1. The predicted octanol–water partition coefficient (Wildman–Crippen LogP) is 6.25. The first-order valence-electron chi connectivity index (χ1n) is 20.6. The fraction of sp³-hybridized carbons (Fsp3) is 0.432. The Kier molecular flexibility index (Phi) is 15.0. The van der Waals surface area contributed by atoms with Crippen molar-refractivity contribution in [1.29, 1.82) is 0 Å². The molecule has 0 unspecified atom stereocenters. The van der Waals surface area contributed by atoms with Crippen LogP contribution < -0.4 is 10.1 Å². The first kappa shape index (κ1) is 46.4. The molecule has 2 aliphatic heterocycles. The number of hydrogen-bond donors (Lipinski definition) is 1. The lowest BCUT2D eigenvalue weighted by atomic mass is 9.95. The number of halogens is 5. The number of amides is 3. The van der Waals surface area contributed by atoms with Crippen molar-refractivity contribution >= 4 is 29.6 Å². The van der Waals surface area contributed by atoms with Gasteiger partial charge in [0.05, 0.1) is 24.5 Å². The summed E-state index contributed by atoms with van der Waals surface area (Å²) >= 11 is 0. The predicted molar refractivity (Wildman–Crippen MR) is 220 cm³/mol. The molecule has 0 bridgehead atoms. The second-order valence-corrected chi connectivity index (χ2v) is 16.4. The van der Waals surface area contributed by atoms with E-state index >= 15 is 0 Å². The molecule has 2 fully saturated rings. The minimum absolute atomic E-state index is 0.0337. The highest BCUT2D eigenvalue weighted by atomic mass is 19.2. The molecular formula is C44H49F5N8O6. The van der Waals surface area contributed by atoms with Gasteiger partial charge in [0.2, 0.25) is 40.7 Å². The van der Waals surface area contributed by atoms with Gasteiger partial charge in [-0.15, -0.1) is 0 Å². The smallest absolute Gasteiger partial charge is 0.411 e. The average molecular weight is 881 g/mol. The maximum atomic E-state index is 14.2. The van der Waals surface area contributed by atoms with Crippen LogP contribution in [-0.2, 0) is 27.3 Å². The van der Waals surface area contributed by atoms with Gasteiger partial charge in [0, 0.05) is 63.8 Å². The zero-order chi connectivity index (χ0) is 45.4. The Morgan fingerprint density at radius 2 is 1.51 bits per heavy atom. The molecular weight excluding hydrogens is 832 g/mol. The summed E-state index contributed by atoms with van der Waals surface area (Å²) < 4.78 is 78.6. The van der Waals surface area contributed by atoms with Gasteiger partial charge in [0.25, 0.3) is 5.91 Å². The fourth-order valence-electron chi connectivity index (χ4n) is 7.31. The molecule has 0 radical (unpaired) electrons. The first-order chi connectivity index (χ1) is 30.0. The fourth-order valence-corrected chi connectivity index (χ4v) is 7.31. The molecule has 4 aromatic rings. The molecule has 0 saturated carbocycles. The number of anilines is 1. The van der Waals surface area contributed by atoms with Gasteiger partial charge < -0.3 is 24.6 Å². The largest absolute Gasteiger partial charge is 0.444 e. The number of hydrogen-bond acceptors (Lipinski definition) is 11. The Labute approximate surface area is 361 Å². The number of nitrogens with zero attached hydrogens (tertiary/aromatic N) is 7. The summed E-state index contributed by atoms with van der Waals surface area (Å²) in [5, 5.41) is 2.86. The van der Waals surface area contributed by atoms with E-state index in [2.05, 4.69) is 29.9 Å². The minimum atomic E-state index is -2.34. The molecule has 6 rings (SSSR count). The number of piperidine rings is 1. The molecule has 63 heavy (non-hydrogen) atoms. The van der Waals surface area contributed by atoms with Crippen molar-refractivity contribution in [3.8, 4) is 16.9 Å². The number of likely N-dealkylation sites (tertiary alicyclic amines) is 1. The summed E-state index contributed by atoms with van der Waals surface area (Å²) in [6.45, 7) is 9.75. The summed E-state index contributed by atoms with van der Waals surface area (Å²) in [5.41, 5.74) is 2.51.